The number of anilines is 4. The molecule has 0 bridgehead atoms. The number of aryl methyl sites for hydroxylation is 3. The zero-order valence-corrected chi connectivity index (χ0v) is 27.7. The quantitative estimate of drug-likeness (QED) is 0.182. The van der Waals surface area contributed by atoms with Crippen molar-refractivity contribution in [3.05, 3.63) is 113 Å². The van der Waals surface area contributed by atoms with Crippen LogP contribution in [0.4, 0.5) is 22.7 Å². The summed E-state index contributed by atoms with van der Waals surface area (Å²) >= 11 is 6.06. The molecule has 0 atom stereocenters. The van der Waals surface area contributed by atoms with Crippen LogP contribution in [0.3, 0.4) is 0 Å². The summed E-state index contributed by atoms with van der Waals surface area (Å²) in [6.45, 7) is 8.54. The average molecular weight is 646 g/mol. The van der Waals surface area contributed by atoms with E-state index < -0.39 is 0 Å². The maximum absolute atomic E-state index is 6.18. The van der Waals surface area contributed by atoms with Gasteiger partial charge >= 0.3 is 0 Å². The SMILES string of the molecule is C.COc1cc(-c2ccc3cc(C)c(C)cc3n2)c(N)cc1C.Clc1ccc2c(Nc3ccc(N4CCCCC4)cc3)ccnc2c1. The molecule has 1 aliphatic heterocycles. The molecule has 7 rings (SSSR count). The first kappa shape index (κ1) is 33.6. The average Bonchev–Trinajstić information content (AvgIpc) is 3.06. The molecule has 0 spiro atoms. The van der Waals surface area contributed by atoms with E-state index in [1.165, 1.54) is 49.2 Å². The number of halogens is 1. The fourth-order valence-electron chi connectivity index (χ4n) is 5.98. The lowest BCUT2D eigenvalue weighted by atomic mass is 10.0. The van der Waals surface area contributed by atoms with E-state index in [9.17, 15) is 0 Å². The van der Waals surface area contributed by atoms with E-state index in [2.05, 4.69) is 71.5 Å². The molecular weight excluding hydrogens is 602 g/mol. The number of rotatable bonds is 5. The standard InChI is InChI=1S/C20H20ClN3.C19H20N2O.CH4/c21-15-4-9-18-19(10-11-22-20(18)14-15)23-16-5-7-17(8-6-16)24-12-2-1-3-13-24;1-11-7-14-5-6-17(21-18(14)9-12(11)2)15-10-19(22-4)13(3)8-16(15)20;/h4-11,14H,1-3,12-13H2,(H,22,23);5-10H,20H2,1-4H3;1H4. The van der Waals surface area contributed by atoms with Crippen molar-refractivity contribution in [1.29, 1.82) is 0 Å². The highest BCUT2D eigenvalue weighted by atomic mass is 35.5. The number of nitrogens with one attached hydrogen (secondary N) is 1. The predicted octanol–water partition coefficient (Wildman–Crippen LogP) is 10.7. The molecule has 1 aliphatic rings. The first-order valence-electron chi connectivity index (χ1n) is 15.8. The number of methoxy groups -OCH3 is 1. The molecule has 3 N–H and O–H groups in total. The Balaban J connectivity index is 0.000000181. The number of nitrogen functional groups attached to an aromatic ring is 1. The molecule has 0 amide bonds. The Kier molecular flexibility index (Phi) is 10.5. The van der Waals surface area contributed by atoms with Gasteiger partial charge in [0.25, 0.3) is 0 Å². The molecule has 47 heavy (non-hydrogen) atoms. The van der Waals surface area contributed by atoms with Crippen molar-refractivity contribution in [2.75, 3.05) is 36.1 Å². The van der Waals surface area contributed by atoms with Crippen molar-refractivity contribution in [3.8, 4) is 17.0 Å². The number of nitrogens with zero attached hydrogens (tertiary/aromatic N) is 3. The van der Waals surface area contributed by atoms with Crippen LogP contribution >= 0.6 is 11.6 Å². The lowest BCUT2D eigenvalue weighted by Crippen LogP contribution is -2.29. The molecule has 6 aromatic rings. The molecule has 0 aliphatic carbocycles. The highest BCUT2D eigenvalue weighted by Crippen LogP contribution is 2.33. The largest absolute Gasteiger partial charge is 0.496 e. The Labute approximate surface area is 283 Å². The van der Waals surface area contributed by atoms with Crippen molar-refractivity contribution in [2.45, 2.75) is 47.5 Å². The van der Waals surface area contributed by atoms with Crippen LogP contribution in [0.25, 0.3) is 33.1 Å². The van der Waals surface area contributed by atoms with Gasteiger partial charge in [0.2, 0.25) is 0 Å². The van der Waals surface area contributed by atoms with Gasteiger partial charge in [-0.15, -0.1) is 0 Å². The van der Waals surface area contributed by atoms with Gasteiger partial charge in [-0.3, -0.25) is 4.98 Å². The van der Waals surface area contributed by atoms with Crippen LogP contribution in [0.15, 0.2) is 91.1 Å². The number of hydrogen-bond acceptors (Lipinski definition) is 6. The molecule has 4 aromatic carbocycles. The summed E-state index contributed by atoms with van der Waals surface area (Å²) in [5.41, 5.74) is 17.5. The summed E-state index contributed by atoms with van der Waals surface area (Å²) < 4.78 is 5.40. The van der Waals surface area contributed by atoms with Crippen molar-refractivity contribution in [3.63, 3.8) is 0 Å². The smallest absolute Gasteiger partial charge is 0.122 e. The van der Waals surface area contributed by atoms with Crippen LogP contribution in [0, 0.1) is 20.8 Å². The second-order valence-electron chi connectivity index (χ2n) is 12.0. The van der Waals surface area contributed by atoms with E-state index in [0.29, 0.717) is 10.7 Å². The van der Waals surface area contributed by atoms with Gasteiger partial charge in [-0.2, -0.15) is 0 Å². The molecule has 7 heteroatoms. The first-order chi connectivity index (χ1) is 22.3. The summed E-state index contributed by atoms with van der Waals surface area (Å²) in [6.07, 6.45) is 5.76. The Morgan fingerprint density at radius 3 is 2.28 bits per heavy atom. The van der Waals surface area contributed by atoms with Gasteiger partial charge < -0.3 is 20.7 Å². The third-order valence-corrected chi connectivity index (χ3v) is 8.96. The lowest BCUT2D eigenvalue weighted by Gasteiger charge is -2.28. The number of benzene rings is 4. The molecule has 0 saturated carbocycles. The minimum Gasteiger partial charge on any atom is -0.496 e. The second kappa shape index (κ2) is 14.7. The number of pyridine rings is 2. The van der Waals surface area contributed by atoms with Crippen molar-refractivity contribution in [2.24, 2.45) is 0 Å². The number of aromatic nitrogens is 2. The van der Waals surface area contributed by atoms with E-state index in [1.807, 2.05) is 55.6 Å². The maximum atomic E-state index is 6.18. The Hall–Kier alpha value is -4.81. The predicted molar refractivity (Wildman–Crippen MR) is 202 cm³/mol. The van der Waals surface area contributed by atoms with Crippen LogP contribution in [0.2, 0.25) is 5.02 Å². The Morgan fingerprint density at radius 1 is 0.787 bits per heavy atom. The van der Waals surface area contributed by atoms with E-state index in [1.54, 1.807) is 7.11 Å². The molecule has 0 unspecified atom stereocenters. The summed E-state index contributed by atoms with van der Waals surface area (Å²) in [6, 6.07) is 28.8. The van der Waals surface area contributed by atoms with Gasteiger partial charge in [-0.25, -0.2) is 4.98 Å². The zero-order chi connectivity index (χ0) is 32.2. The van der Waals surface area contributed by atoms with E-state index >= 15 is 0 Å². The van der Waals surface area contributed by atoms with Crippen LogP contribution in [-0.4, -0.2) is 30.2 Å². The molecule has 6 nitrogen and oxygen atoms in total. The highest BCUT2D eigenvalue weighted by Gasteiger charge is 2.12. The summed E-state index contributed by atoms with van der Waals surface area (Å²) in [7, 11) is 1.67. The van der Waals surface area contributed by atoms with E-state index in [0.717, 1.165) is 55.8 Å². The minimum absolute atomic E-state index is 0. The Bertz CT molecular complexity index is 2000. The van der Waals surface area contributed by atoms with Crippen LogP contribution in [0.1, 0.15) is 43.4 Å². The van der Waals surface area contributed by atoms with E-state index in [4.69, 9.17) is 27.1 Å². The number of ether oxygens (including phenoxy) is 1. The topological polar surface area (TPSA) is 76.3 Å². The number of nitrogens with two attached hydrogens (primary N) is 1. The van der Waals surface area contributed by atoms with Gasteiger partial charge in [-0.1, -0.05) is 25.1 Å². The number of hydrogen-bond donors (Lipinski definition) is 2. The molecular formula is C40H44ClN5O. The van der Waals surface area contributed by atoms with Gasteiger partial charge in [0.1, 0.15) is 5.75 Å². The Morgan fingerprint density at radius 2 is 1.53 bits per heavy atom. The van der Waals surface area contributed by atoms with Gasteiger partial charge in [0, 0.05) is 63.4 Å². The van der Waals surface area contributed by atoms with Crippen molar-refractivity contribution >= 4 is 56.2 Å². The summed E-state index contributed by atoms with van der Waals surface area (Å²) in [4.78, 5) is 11.6. The third kappa shape index (κ3) is 7.61. The van der Waals surface area contributed by atoms with Crippen LogP contribution in [-0.2, 0) is 0 Å². The first-order valence-corrected chi connectivity index (χ1v) is 16.2. The van der Waals surface area contributed by atoms with Crippen molar-refractivity contribution < 1.29 is 4.74 Å². The minimum atomic E-state index is 0. The maximum Gasteiger partial charge on any atom is 0.122 e. The third-order valence-electron chi connectivity index (χ3n) is 8.72. The summed E-state index contributed by atoms with van der Waals surface area (Å²) in [5.74, 6) is 0.825. The number of fused-ring (bicyclic) bond motifs is 2. The molecule has 1 fully saturated rings. The zero-order valence-electron chi connectivity index (χ0n) is 26.9. The lowest BCUT2D eigenvalue weighted by molar-refractivity contribution is 0.412. The van der Waals surface area contributed by atoms with Gasteiger partial charge in [-0.05, 0) is 136 Å². The molecule has 1 saturated heterocycles. The van der Waals surface area contributed by atoms with Gasteiger partial charge in [0.05, 0.1) is 23.8 Å². The van der Waals surface area contributed by atoms with E-state index in [-0.39, 0.29) is 7.43 Å². The summed E-state index contributed by atoms with van der Waals surface area (Å²) in [5, 5.41) is 6.42. The van der Waals surface area contributed by atoms with Crippen molar-refractivity contribution in [1.82, 2.24) is 9.97 Å². The molecule has 2 aromatic heterocycles. The fourth-order valence-corrected chi connectivity index (χ4v) is 6.15. The second-order valence-corrected chi connectivity index (χ2v) is 12.4. The monoisotopic (exact) mass is 645 g/mol. The highest BCUT2D eigenvalue weighted by molar-refractivity contribution is 6.31. The van der Waals surface area contributed by atoms with Crippen LogP contribution < -0.4 is 20.7 Å². The van der Waals surface area contributed by atoms with Crippen LogP contribution in [0.5, 0.6) is 5.75 Å². The van der Waals surface area contributed by atoms with Gasteiger partial charge in [0.15, 0.2) is 0 Å². The normalized spacial score (nSPS) is 12.7. The number of piperidine rings is 1. The molecule has 3 heterocycles. The fraction of sp³-hybridized carbons (Fsp3) is 0.250. The molecule has 0 radical (unpaired) electrons. The molecule has 242 valence electrons.